The fraction of sp³-hybridized carbons (Fsp3) is 0.364. The first-order valence-corrected chi connectivity index (χ1v) is 5.33. The molecule has 2 rings (SSSR count). The van der Waals surface area contributed by atoms with Gasteiger partial charge in [0.15, 0.2) is 0 Å². The average molecular weight is 254 g/mol. The van der Waals surface area contributed by atoms with Crippen molar-refractivity contribution in [3.8, 4) is 0 Å². The Balaban J connectivity index is 2.27. The van der Waals surface area contributed by atoms with Crippen LogP contribution in [-0.2, 0) is 9.53 Å². The summed E-state index contributed by atoms with van der Waals surface area (Å²) in [6.45, 7) is 0.586. The number of ether oxygens (including phenoxy) is 1. The molecule has 1 heterocycles. The van der Waals surface area contributed by atoms with Gasteiger partial charge in [-0.05, 0) is 18.6 Å². The summed E-state index contributed by atoms with van der Waals surface area (Å²) in [5.41, 5.74) is -0.146. The molecule has 1 unspecified atom stereocenters. The molecule has 7 heteroatoms. The zero-order valence-electron chi connectivity index (χ0n) is 9.63. The number of benzene rings is 1. The van der Waals surface area contributed by atoms with Crippen LogP contribution in [0, 0.1) is 15.9 Å². The van der Waals surface area contributed by atoms with Crippen LogP contribution in [0.5, 0.6) is 0 Å². The molecule has 0 saturated carbocycles. The third-order valence-electron chi connectivity index (χ3n) is 2.95. The predicted molar refractivity (Wildman–Crippen MR) is 60.8 cm³/mol. The predicted octanol–water partition coefficient (Wildman–Crippen LogP) is 1.49. The molecule has 1 atom stereocenters. The third-order valence-corrected chi connectivity index (χ3v) is 2.95. The molecule has 0 amide bonds. The van der Waals surface area contributed by atoms with Crippen molar-refractivity contribution >= 4 is 17.3 Å². The van der Waals surface area contributed by atoms with Crippen molar-refractivity contribution in [3.05, 3.63) is 34.1 Å². The number of rotatable bonds is 3. The molecule has 0 aliphatic carbocycles. The van der Waals surface area contributed by atoms with E-state index in [4.69, 9.17) is 0 Å². The molecule has 1 saturated heterocycles. The second-order valence-corrected chi connectivity index (χ2v) is 3.91. The molecular formula is C11H11FN2O4. The first-order valence-electron chi connectivity index (χ1n) is 5.33. The minimum Gasteiger partial charge on any atom is -0.467 e. The van der Waals surface area contributed by atoms with E-state index in [1.807, 2.05) is 0 Å². The van der Waals surface area contributed by atoms with Crippen LogP contribution in [0.25, 0.3) is 0 Å². The summed E-state index contributed by atoms with van der Waals surface area (Å²) in [6, 6.07) is 3.13. The Morgan fingerprint density at radius 1 is 1.61 bits per heavy atom. The van der Waals surface area contributed by atoms with Crippen molar-refractivity contribution in [2.24, 2.45) is 0 Å². The number of nitrogens with zero attached hydrogens (tertiary/aromatic N) is 2. The highest BCUT2D eigenvalue weighted by Crippen LogP contribution is 2.31. The van der Waals surface area contributed by atoms with Gasteiger partial charge in [-0.3, -0.25) is 10.1 Å². The highest BCUT2D eigenvalue weighted by atomic mass is 19.1. The number of nitro groups is 1. The lowest BCUT2D eigenvalue weighted by molar-refractivity contribution is -0.387. The number of halogens is 1. The number of anilines is 1. The van der Waals surface area contributed by atoms with Crippen molar-refractivity contribution in [2.45, 2.75) is 12.5 Å². The topological polar surface area (TPSA) is 72.7 Å². The highest BCUT2D eigenvalue weighted by molar-refractivity contribution is 5.82. The van der Waals surface area contributed by atoms with Crippen LogP contribution < -0.4 is 4.90 Å². The van der Waals surface area contributed by atoms with Gasteiger partial charge >= 0.3 is 11.7 Å². The number of esters is 1. The molecule has 6 nitrogen and oxygen atoms in total. The minimum absolute atomic E-state index is 0.395. The van der Waals surface area contributed by atoms with Crippen molar-refractivity contribution in [1.29, 1.82) is 0 Å². The zero-order chi connectivity index (χ0) is 13.3. The van der Waals surface area contributed by atoms with Gasteiger partial charge in [-0.1, -0.05) is 0 Å². The van der Waals surface area contributed by atoms with Gasteiger partial charge in [-0.15, -0.1) is 0 Å². The zero-order valence-corrected chi connectivity index (χ0v) is 9.63. The number of methoxy groups -OCH3 is 1. The maximum Gasteiger partial charge on any atom is 0.328 e. The van der Waals surface area contributed by atoms with E-state index in [2.05, 4.69) is 4.74 Å². The first-order chi connectivity index (χ1) is 8.54. The molecule has 1 fully saturated rings. The van der Waals surface area contributed by atoms with E-state index < -0.39 is 28.4 Å². The molecule has 1 aliphatic heterocycles. The van der Waals surface area contributed by atoms with Crippen LogP contribution in [0.15, 0.2) is 18.2 Å². The lowest BCUT2D eigenvalue weighted by atomic mass is 10.0. The van der Waals surface area contributed by atoms with Crippen LogP contribution in [0.4, 0.5) is 15.8 Å². The van der Waals surface area contributed by atoms with Gasteiger partial charge in [0.05, 0.1) is 12.0 Å². The van der Waals surface area contributed by atoms with E-state index in [0.29, 0.717) is 18.7 Å². The van der Waals surface area contributed by atoms with Crippen LogP contribution in [0.3, 0.4) is 0 Å². The number of carbonyl (C=O) groups excluding carboxylic acids is 1. The van der Waals surface area contributed by atoms with Crippen molar-refractivity contribution < 1.29 is 18.8 Å². The molecule has 0 aromatic heterocycles. The molecule has 0 bridgehead atoms. The number of hydrogen-bond donors (Lipinski definition) is 0. The Hall–Kier alpha value is -2.18. The average Bonchev–Trinajstić information content (AvgIpc) is 2.29. The fourth-order valence-corrected chi connectivity index (χ4v) is 1.90. The van der Waals surface area contributed by atoms with Gasteiger partial charge < -0.3 is 9.64 Å². The summed E-state index contributed by atoms with van der Waals surface area (Å²) in [4.78, 5) is 22.9. The Kier molecular flexibility index (Phi) is 3.14. The number of carbonyl (C=O) groups is 1. The summed E-state index contributed by atoms with van der Waals surface area (Å²) in [6.07, 6.45) is 0.623. The van der Waals surface area contributed by atoms with E-state index in [1.165, 1.54) is 13.2 Å². The summed E-state index contributed by atoms with van der Waals surface area (Å²) < 4.78 is 17.8. The molecule has 18 heavy (non-hydrogen) atoms. The maximum atomic E-state index is 13.2. The molecule has 96 valence electrons. The fourth-order valence-electron chi connectivity index (χ4n) is 1.90. The van der Waals surface area contributed by atoms with E-state index in [1.54, 1.807) is 4.90 Å². The van der Waals surface area contributed by atoms with E-state index in [0.717, 1.165) is 12.1 Å². The minimum atomic E-state index is -0.890. The Morgan fingerprint density at radius 2 is 2.33 bits per heavy atom. The quantitative estimate of drug-likeness (QED) is 0.464. The van der Waals surface area contributed by atoms with Gasteiger partial charge in [-0.25, -0.2) is 4.79 Å². The number of nitro benzene ring substituents is 1. The highest BCUT2D eigenvalue weighted by Gasteiger charge is 2.36. The van der Waals surface area contributed by atoms with Gasteiger partial charge in [0, 0.05) is 18.3 Å². The van der Waals surface area contributed by atoms with Gasteiger partial charge in [0.2, 0.25) is 5.82 Å². The number of hydrogen-bond acceptors (Lipinski definition) is 5. The monoisotopic (exact) mass is 254 g/mol. The smallest absolute Gasteiger partial charge is 0.328 e. The SMILES string of the molecule is COC(=O)C1CCN1c1ccc(F)c([N+](=O)[O-])c1. The van der Waals surface area contributed by atoms with E-state index in [-0.39, 0.29) is 0 Å². The largest absolute Gasteiger partial charge is 0.467 e. The summed E-state index contributed by atoms with van der Waals surface area (Å²) in [5.74, 6) is -1.29. The second-order valence-electron chi connectivity index (χ2n) is 3.91. The Morgan fingerprint density at radius 3 is 2.83 bits per heavy atom. The standard InChI is InChI=1S/C11H11FN2O4/c1-18-11(15)9-4-5-13(9)7-2-3-8(12)10(6-7)14(16)17/h2-3,6,9H,4-5H2,1H3. The lowest BCUT2D eigenvalue weighted by Gasteiger charge is -2.40. The maximum absolute atomic E-state index is 13.2. The molecule has 1 aromatic rings. The Labute approximate surface area is 102 Å². The summed E-state index contributed by atoms with van der Waals surface area (Å²) in [7, 11) is 1.28. The van der Waals surface area contributed by atoms with Crippen molar-refractivity contribution in [3.63, 3.8) is 0 Å². The van der Waals surface area contributed by atoms with Crippen LogP contribution >= 0.6 is 0 Å². The molecule has 0 N–H and O–H groups in total. The normalized spacial score (nSPS) is 18.1. The summed E-state index contributed by atoms with van der Waals surface area (Å²) >= 11 is 0. The molecule has 0 spiro atoms. The van der Waals surface area contributed by atoms with E-state index in [9.17, 15) is 19.3 Å². The molecule has 1 aliphatic rings. The van der Waals surface area contributed by atoms with Gasteiger partial charge in [0.1, 0.15) is 6.04 Å². The van der Waals surface area contributed by atoms with Crippen LogP contribution in [0.1, 0.15) is 6.42 Å². The van der Waals surface area contributed by atoms with Crippen LogP contribution in [-0.4, -0.2) is 30.6 Å². The second kappa shape index (κ2) is 4.59. The van der Waals surface area contributed by atoms with Crippen molar-refractivity contribution in [1.82, 2.24) is 0 Å². The van der Waals surface area contributed by atoms with Gasteiger partial charge in [-0.2, -0.15) is 4.39 Å². The molecule has 0 radical (unpaired) electrons. The third kappa shape index (κ3) is 1.99. The summed E-state index contributed by atoms with van der Waals surface area (Å²) in [5, 5.41) is 10.6. The van der Waals surface area contributed by atoms with Gasteiger partial charge in [0.25, 0.3) is 0 Å². The van der Waals surface area contributed by atoms with E-state index >= 15 is 0 Å². The van der Waals surface area contributed by atoms with Crippen molar-refractivity contribution in [2.75, 3.05) is 18.6 Å². The lowest BCUT2D eigenvalue weighted by Crippen LogP contribution is -2.53. The Bertz CT molecular complexity index is 506. The van der Waals surface area contributed by atoms with Crippen LogP contribution in [0.2, 0.25) is 0 Å². The molecular weight excluding hydrogens is 243 g/mol. The first kappa shape index (κ1) is 12.3. The molecule has 1 aromatic carbocycles.